The molecule has 1 atom stereocenters. The molecule has 1 spiro atoms. The number of carbonyl (C=O) groups excluding carboxylic acids is 1. The minimum atomic E-state index is 0.00867. The molecule has 3 heterocycles. The number of rotatable bonds is 4. The summed E-state index contributed by atoms with van der Waals surface area (Å²) in [5.41, 5.74) is 0.00867. The fourth-order valence-electron chi connectivity index (χ4n) is 4.36. The molecule has 4 rings (SSSR count). The highest BCUT2D eigenvalue weighted by molar-refractivity contribution is 5.76. The van der Waals surface area contributed by atoms with Gasteiger partial charge in [-0.05, 0) is 38.6 Å². The molecule has 1 unspecified atom stereocenters. The molecule has 2 saturated heterocycles. The number of methoxy groups -OCH3 is 1. The van der Waals surface area contributed by atoms with Gasteiger partial charge in [-0.3, -0.25) is 9.69 Å². The van der Waals surface area contributed by atoms with E-state index in [2.05, 4.69) is 31.7 Å². The third-order valence-electron chi connectivity index (χ3n) is 6.32. The van der Waals surface area contributed by atoms with Crippen LogP contribution in [0.4, 0.5) is 5.82 Å². The van der Waals surface area contributed by atoms with E-state index < -0.39 is 0 Å². The van der Waals surface area contributed by atoms with Gasteiger partial charge in [0.2, 0.25) is 5.91 Å². The van der Waals surface area contributed by atoms with Gasteiger partial charge in [-0.1, -0.05) is 0 Å². The van der Waals surface area contributed by atoms with Crippen LogP contribution in [0, 0.1) is 5.92 Å². The smallest absolute Gasteiger partial charge is 0.257 e. The van der Waals surface area contributed by atoms with Crippen molar-refractivity contribution in [1.29, 1.82) is 0 Å². The van der Waals surface area contributed by atoms with E-state index in [1.54, 1.807) is 19.5 Å². The first-order valence-electron chi connectivity index (χ1n) is 9.70. The fraction of sp³-hybridized carbons (Fsp3) is 0.737. The van der Waals surface area contributed by atoms with Crippen LogP contribution in [0.15, 0.2) is 12.4 Å². The molecule has 142 valence electrons. The van der Waals surface area contributed by atoms with Crippen molar-refractivity contribution in [1.82, 2.24) is 19.8 Å². The van der Waals surface area contributed by atoms with Crippen LogP contribution in [0.3, 0.4) is 0 Å². The van der Waals surface area contributed by atoms with Crippen LogP contribution in [0.2, 0.25) is 0 Å². The van der Waals surface area contributed by atoms with Gasteiger partial charge >= 0.3 is 0 Å². The quantitative estimate of drug-likeness (QED) is 0.810. The average molecular weight is 359 g/mol. The lowest BCUT2D eigenvalue weighted by Gasteiger charge is -2.49. The Bertz CT molecular complexity index is 665. The highest BCUT2D eigenvalue weighted by atomic mass is 16.5. The summed E-state index contributed by atoms with van der Waals surface area (Å²) in [6, 6.07) is 0. The summed E-state index contributed by atoms with van der Waals surface area (Å²) in [5, 5.41) is 0. The molecule has 0 bridgehead atoms. The monoisotopic (exact) mass is 359 g/mol. The van der Waals surface area contributed by atoms with Crippen LogP contribution >= 0.6 is 0 Å². The number of likely N-dealkylation sites (tertiary alicyclic amines) is 1. The SMILES string of the molecule is COc1nccnc1N1CCN(C)C2(CCC(=O)N(CC3CC3)CC2)C1. The van der Waals surface area contributed by atoms with E-state index in [4.69, 9.17) is 4.74 Å². The molecule has 2 aliphatic heterocycles. The molecule has 7 heteroatoms. The molecule has 26 heavy (non-hydrogen) atoms. The Balaban J connectivity index is 1.53. The third-order valence-corrected chi connectivity index (χ3v) is 6.32. The minimum Gasteiger partial charge on any atom is -0.478 e. The second kappa shape index (κ2) is 7.02. The number of nitrogens with zero attached hydrogens (tertiary/aromatic N) is 5. The number of aromatic nitrogens is 2. The molecule has 1 amide bonds. The van der Waals surface area contributed by atoms with Crippen molar-refractivity contribution in [2.75, 3.05) is 51.8 Å². The summed E-state index contributed by atoms with van der Waals surface area (Å²) in [5.74, 6) is 2.47. The molecule has 3 fully saturated rings. The third kappa shape index (κ3) is 3.37. The van der Waals surface area contributed by atoms with Crippen molar-refractivity contribution < 1.29 is 9.53 Å². The molecular formula is C19H29N5O2. The Hall–Kier alpha value is -1.89. The van der Waals surface area contributed by atoms with Gasteiger partial charge in [0.15, 0.2) is 5.82 Å². The standard InChI is InChI=1S/C19H29N5O2/c1-22-11-12-24(17-18(26-2)21-9-8-20-17)14-19(22)6-5-16(25)23(10-7-19)13-15-3-4-15/h8-9,15H,3-7,10-14H2,1-2H3. The fourth-order valence-corrected chi connectivity index (χ4v) is 4.36. The zero-order chi connectivity index (χ0) is 18.1. The second-order valence-corrected chi connectivity index (χ2v) is 7.99. The molecule has 7 nitrogen and oxygen atoms in total. The van der Waals surface area contributed by atoms with E-state index in [0.29, 0.717) is 18.2 Å². The summed E-state index contributed by atoms with van der Waals surface area (Å²) < 4.78 is 5.42. The molecule has 0 aromatic carbocycles. The first-order valence-corrected chi connectivity index (χ1v) is 9.70. The number of piperazine rings is 1. The zero-order valence-electron chi connectivity index (χ0n) is 15.9. The molecule has 1 saturated carbocycles. The van der Waals surface area contributed by atoms with Crippen molar-refractivity contribution >= 4 is 11.7 Å². The highest BCUT2D eigenvalue weighted by Gasteiger charge is 2.43. The Morgan fingerprint density at radius 2 is 2.00 bits per heavy atom. The molecule has 1 aliphatic carbocycles. The number of ether oxygens (including phenoxy) is 1. The lowest BCUT2D eigenvalue weighted by atomic mass is 9.86. The van der Waals surface area contributed by atoms with Gasteiger partial charge < -0.3 is 14.5 Å². The highest BCUT2D eigenvalue weighted by Crippen LogP contribution is 2.36. The largest absolute Gasteiger partial charge is 0.478 e. The van der Waals surface area contributed by atoms with Crippen LogP contribution in [-0.4, -0.2) is 78.1 Å². The zero-order valence-corrected chi connectivity index (χ0v) is 15.9. The lowest BCUT2D eigenvalue weighted by Crippen LogP contribution is -2.61. The van der Waals surface area contributed by atoms with Crippen molar-refractivity contribution in [2.24, 2.45) is 5.92 Å². The average Bonchev–Trinajstić information content (AvgIpc) is 3.50. The summed E-state index contributed by atoms with van der Waals surface area (Å²) >= 11 is 0. The van der Waals surface area contributed by atoms with Crippen molar-refractivity contribution in [3.8, 4) is 5.88 Å². The summed E-state index contributed by atoms with van der Waals surface area (Å²) in [4.78, 5) is 28.3. The topological polar surface area (TPSA) is 61.8 Å². The molecule has 0 radical (unpaired) electrons. The maximum atomic E-state index is 12.6. The Kier molecular flexibility index (Phi) is 4.73. The number of amides is 1. The van der Waals surface area contributed by atoms with Crippen LogP contribution in [0.1, 0.15) is 32.1 Å². The van der Waals surface area contributed by atoms with E-state index in [1.807, 2.05) is 0 Å². The van der Waals surface area contributed by atoms with E-state index in [9.17, 15) is 4.79 Å². The Morgan fingerprint density at radius 3 is 2.77 bits per heavy atom. The van der Waals surface area contributed by atoms with E-state index >= 15 is 0 Å². The molecule has 1 aromatic rings. The van der Waals surface area contributed by atoms with Crippen LogP contribution in [0.25, 0.3) is 0 Å². The summed E-state index contributed by atoms with van der Waals surface area (Å²) in [7, 11) is 3.84. The number of likely N-dealkylation sites (N-methyl/N-ethyl adjacent to an activating group) is 1. The second-order valence-electron chi connectivity index (χ2n) is 7.99. The summed E-state index contributed by atoms with van der Waals surface area (Å²) in [6.45, 7) is 4.54. The first kappa shape index (κ1) is 17.5. The first-order chi connectivity index (χ1) is 12.6. The van der Waals surface area contributed by atoms with Crippen molar-refractivity contribution in [2.45, 2.75) is 37.6 Å². The molecule has 0 N–H and O–H groups in total. The van der Waals surface area contributed by atoms with Crippen molar-refractivity contribution in [3.63, 3.8) is 0 Å². The van der Waals surface area contributed by atoms with Crippen LogP contribution in [0.5, 0.6) is 5.88 Å². The van der Waals surface area contributed by atoms with E-state index in [0.717, 1.165) is 57.3 Å². The van der Waals surface area contributed by atoms with E-state index in [1.165, 1.54) is 12.8 Å². The normalized spacial score (nSPS) is 27.7. The molecular weight excluding hydrogens is 330 g/mol. The Morgan fingerprint density at radius 1 is 1.19 bits per heavy atom. The van der Waals surface area contributed by atoms with E-state index in [-0.39, 0.29) is 5.54 Å². The van der Waals surface area contributed by atoms with Gasteiger partial charge in [-0.15, -0.1) is 0 Å². The molecule has 1 aromatic heterocycles. The number of hydrogen-bond donors (Lipinski definition) is 0. The lowest BCUT2D eigenvalue weighted by molar-refractivity contribution is -0.130. The molecule has 3 aliphatic rings. The predicted molar refractivity (Wildman–Crippen MR) is 99.3 cm³/mol. The maximum Gasteiger partial charge on any atom is 0.257 e. The van der Waals surface area contributed by atoms with Gasteiger partial charge in [-0.2, -0.15) is 0 Å². The van der Waals surface area contributed by atoms with Gasteiger partial charge in [0.1, 0.15) is 0 Å². The van der Waals surface area contributed by atoms with Crippen LogP contribution < -0.4 is 9.64 Å². The van der Waals surface area contributed by atoms with Gasteiger partial charge in [0.05, 0.1) is 7.11 Å². The van der Waals surface area contributed by atoms with Gasteiger partial charge in [0.25, 0.3) is 5.88 Å². The minimum absolute atomic E-state index is 0.00867. The number of anilines is 1. The van der Waals surface area contributed by atoms with Gasteiger partial charge in [-0.25, -0.2) is 9.97 Å². The van der Waals surface area contributed by atoms with Gasteiger partial charge in [0, 0.05) is 57.1 Å². The van der Waals surface area contributed by atoms with Crippen LogP contribution in [-0.2, 0) is 4.79 Å². The summed E-state index contributed by atoms with van der Waals surface area (Å²) in [6.07, 6.45) is 8.52. The Labute approximate surface area is 155 Å². The van der Waals surface area contributed by atoms with Crippen molar-refractivity contribution in [3.05, 3.63) is 12.4 Å². The number of carbonyl (C=O) groups is 1. The number of hydrogen-bond acceptors (Lipinski definition) is 6. The maximum absolute atomic E-state index is 12.6. The predicted octanol–water partition coefficient (Wildman–Crippen LogP) is 1.40.